The van der Waals surface area contributed by atoms with Crippen LogP contribution in [0.2, 0.25) is 0 Å². The molecule has 0 heterocycles. The van der Waals surface area contributed by atoms with E-state index in [1.165, 1.54) is 0 Å². The van der Waals surface area contributed by atoms with Gasteiger partial charge >= 0.3 is 5.97 Å². The molecule has 0 fully saturated rings. The Bertz CT molecular complexity index is 192. The highest BCUT2D eigenvalue weighted by Crippen LogP contribution is 1.96. The third-order valence-corrected chi connectivity index (χ3v) is 1.17. The summed E-state index contributed by atoms with van der Waals surface area (Å²) in [6.45, 7) is 10.0. The molecule has 0 saturated carbocycles. The molecule has 80 valence electrons. The molecule has 0 rings (SSSR count). The molecule has 0 aliphatic heterocycles. The zero-order chi connectivity index (χ0) is 11.4. The number of ether oxygens (including phenoxy) is 1. The van der Waals surface area contributed by atoms with E-state index in [9.17, 15) is 4.79 Å². The number of esters is 1. The molecule has 0 unspecified atom stereocenters. The fourth-order valence-corrected chi connectivity index (χ4v) is 0.610. The van der Waals surface area contributed by atoms with Crippen molar-refractivity contribution in [1.82, 2.24) is 0 Å². The first-order chi connectivity index (χ1) is 6.58. The lowest BCUT2D eigenvalue weighted by Gasteiger charge is -1.92. The minimum absolute atomic E-state index is 0.145. The Morgan fingerprint density at radius 2 is 2.21 bits per heavy atom. The molecule has 3 nitrogen and oxygen atoms in total. The number of nitrogens with zero attached hydrogens (tertiary/aromatic N) is 1. The van der Waals surface area contributed by atoms with E-state index in [-0.39, 0.29) is 6.42 Å². The lowest BCUT2D eigenvalue weighted by atomic mass is 10.1. The molecule has 0 aromatic heterocycles. The second kappa shape index (κ2) is 11.7. The van der Waals surface area contributed by atoms with Gasteiger partial charge in [-0.1, -0.05) is 19.9 Å². The predicted octanol–water partition coefficient (Wildman–Crippen LogP) is 2.68. The van der Waals surface area contributed by atoms with E-state index in [1.54, 1.807) is 13.0 Å². The van der Waals surface area contributed by atoms with E-state index in [1.807, 2.05) is 6.08 Å². The molecule has 0 saturated heterocycles. The highest BCUT2D eigenvalue weighted by Gasteiger charge is 1.95. The Morgan fingerprint density at radius 3 is 2.43 bits per heavy atom. The van der Waals surface area contributed by atoms with Crippen LogP contribution in [0.25, 0.3) is 0 Å². The van der Waals surface area contributed by atoms with Gasteiger partial charge in [-0.2, -0.15) is 5.26 Å². The predicted molar refractivity (Wildman–Crippen MR) is 56.5 cm³/mol. The van der Waals surface area contributed by atoms with Crippen LogP contribution in [0.1, 0.15) is 33.6 Å². The van der Waals surface area contributed by atoms with Crippen molar-refractivity contribution >= 4 is 5.97 Å². The van der Waals surface area contributed by atoms with Crippen molar-refractivity contribution in [2.24, 2.45) is 5.92 Å². The van der Waals surface area contributed by atoms with Crippen LogP contribution in [0.5, 0.6) is 0 Å². The molecule has 0 aromatic rings. The number of allylic oxidation sites excluding steroid dienone is 1. The van der Waals surface area contributed by atoms with Crippen LogP contribution in [0.4, 0.5) is 0 Å². The fraction of sp³-hybridized carbons (Fsp3) is 0.636. The lowest BCUT2D eigenvalue weighted by Crippen LogP contribution is -2.01. The third kappa shape index (κ3) is 17.0. The third-order valence-electron chi connectivity index (χ3n) is 1.17. The van der Waals surface area contributed by atoms with Crippen molar-refractivity contribution < 1.29 is 9.53 Å². The summed E-state index contributed by atoms with van der Waals surface area (Å²) in [7, 11) is 0. The summed E-state index contributed by atoms with van der Waals surface area (Å²) in [5.41, 5.74) is 0. The summed E-state index contributed by atoms with van der Waals surface area (Å²) < 4.78 is 4.42. The number of carbonyl (C=O) groups is 1. The van der Waals surface area contributed by atoms with Crippen LogP contribution in [0.15, 0.2) is 12.7 Å². The molecule has 0 bridgehead atoms. The van der Waals surface area contributed by atoms with E-state index in [0.717, 1.165) is 12.3 Å². The molecule has 0 amide bonds. The Hall–Kier alpha value is -1.30. The molecule has 0 N–H and O–H groups in total. The minimum Gasteiger partial charge on any atom is -0.465 e. The summed E-state index contributed by atoms with van der Waals surface area (Å²) in [6, 6.07) is 1.68. The first kappa shape index (κ1) is 15.2. The summed E-state index contributed by atoms with van der Waals surface area (Å²) in [6.07, 6.45) is 2.94. The first-order valence-electron chi connectivity index (χ1n) is 4.71. The van der Waals surface area contributed by atoms with Crippen molar-refractivity contribution in [1.29, 1.82) is 5.26 Å². The van der Waals surface area contributed by atoms with Gasteiger partial charge in [0.25, 0.3) is 0 Å². The first-order valence-corrected chi connectivity index (χ1v) is 4.71. The van der Waals surface area contributed by atoms with Gasteiger partial charge in [0.1, 0.15) is 6.42 Å². The minimum atomic E-state index is -0.449. The van der Waals surface area contributed by atoms with Gasteiger partial charge in [0.2, 0.25) is 0 Å². The monoisotopic (exact) mass is 197 g/mol. The Morgan fingerprint density at radius 1 is 1.64 bits per heavy atom. The maximum absolute atomic E-state index is 10.2. The summed E-state index contributed by atoms with van der Waals surface area (Å²) in [5.74, 6) is 0.331. The standard InChI is InChI=1S/C6H12.C5H7NO2/c1-4-5-6(2)3;1-2-8-5(7)3-4-6/h4,6H,1,5H2,2-3H3;2-3H2,1H3. The van der Waals surface area contributed by atoms with Crippen molar-refractivity contribution in [3.63, 3.8) is 0 Å². The number of hydrogen-bond donors (Lipinski definition) is 0. The van der Waals surface area contributed by atoms with Crippen LogP contribution < -0.4 is 0 Å². The SMILES string of the molecule is C=CCC(C)C.CCOC(=O)CC#N. The second-order valence-electron chi connectivity index (χ2n) is 3.06. The Labute approximate surface area is 86.4 Å². The van der Waals surface area contributed by atoms with Gasteiger partial charge in [0, 0.05) is 0 Å². The number of rotatable bonds is 4. The smallest absolute Gasteiger partial charge is 0.320 e. The van der Waals surface area contributed by atoms with Gasteiger partial charge in [-0.15, -0.1) is 6.58 Å². The average Bonchev–Trinajstić information content (AvgIpc) is 2.05. The molecular formula is C11H19NO2. The largest absolute Gasteiger partial charge is 0.465 e. The van der Waals surface area contributed by atoms with Gasteiger partial charge in [0.15, 0.2) is 0 Å². The molecule has 0 spiro atoms. The summed E-state index contributed by atoms with van der Waals surface area (Å²) >= 11 is 0. The molecule has 14 heavy (non-hydrogen) atoms. The van der Waals surface area contributed by atoms with Crippen LogP contribution in [0, 0.1) is 17.2 Å². The number of hydrogen-bond acceptors (Lipinski definition) is 3. The van der Waals surface area contributed by atoms with Crippen molar-refractivity contribution in [2.75, 3.05) is 6.61 Å². The lowest BCUT2D eigenvalue weighted by molar-refractivity contribution is -0.141. The van der Waals surface area contributed by atoms with Crippen LogP contribution >= 0.6 is 0 Å². The molecule has 0 aliphatic carbocycles. The zero-order valence-corrected chi connectivity index (χ0v) is 9.25. The summed E-state index contributed by atoms with van der Waals surface area (Å²) in [4.78, 5) is 10.2. The maximum Gasteiger partial charge on any atom is 0.320 e. The van der Waals surface area contributed by atoms with Gasteiger partial charge in [-0.25, -0.2) is 0 Å². The molecule has 0 atom stereocenters. The summed E-state index contributed by atoms with van der Waals surface area (Å²) in [5, 5.41) is 7.91. The van der Waals surface area contributed by atoms with E-state index >= 15 is 0 Å². The van der Waals surface area contributed by atoms with E-state index in [2.05, 4.69) is 25.2 Å². The number of carbonyl (C=O) groups excluding carboxylic acids is 1. The quantitative estimate of drug-likeness (QED) is 0.514. The molecule has 0 radical (unpaired) electrons. The topological polar surface area (TPSA) is 50.1 Å². The van der Waals surface area contributed by atoms with Crippen molar-refractivity contribution in [3.8, 4) is 6.07 Å². The highest BCUT2D eigenvalue weighted by molar-refractivity contribution is 5.71. The fourth-order valence-electron chi connectivity index (χ4n) is 0.610. The van der Waals surface area contributed by atoms with Gasteiger partial charge in [-0.05, 0) is 19.3 Å². The number of nitriles is 1. The van der Waals surface area contributed by atoms with Crippen LogP contribution in [-0.2, 0) is 9.53 Å². The normalized spacial score (nSPS) is 8.21. The zero-order valence-electron chi connectivity index (χ0n) is 9.25. The highest BCUT2D eigenvalue weighted by atomic mass is 16.5. The average molecular weight is 197 g/mol. The van der Waals surface area contributed by atoms with Gasteiger partial charge in [-0.3, -0.25) is 4.79 Å². The molecule has 0 aliphatic rings. The van der Waals surface area contributed by atoms with Crippen LogP contribution in [-0.4, -0.2) is 12.6 Å². The van der Waals surface area contributed by atoms with Gasteiger partial charge < -0.3 is 4.74 Å². The Balaban J connectivity index is 0. The molecule has 0 aromatic carbocycles. The Kier molecular flexibility index (Phi) is 12.7. The van der Waals surface area contributed by atoms with Crippen molar-refractivity contribution in [3.05, 3.63) is 12.7 Å². The van der Waals surface area contributed by atoms with E-state index in [0.29, 0.717) is 6.61 Å². The van der Waals surface area contributed by atoms with Crippen LogP contribution in [0.3, 0.4) is 0 Å². The van der Waals surface area contributed by atoms with Gasteiger partial charge in [0.05, 0.1) is 12.7 Å². The van der Waals surface area contributed by atoms with E-state index in [4.69, 9.17) is 5.26 Å². The molecular weight excluding hydrogens is 178 g/mol. The second-order valence-corrected chi connectivity index (χ2v) is 3.06. The maximum atomic E-state index is 10.2. The van der Waals surface area contributed by atoms with Crippen molar-refractivity contribution in [2.45, 2.75) is 33.6 Å². The molecule has 3 heteroatoms. The van der Waals surface area contributed by atoms with E-state index < -0.39 is 5.97 Å².